The molecule has 0 aromatic heterocycles. The van der Waals surface area contributed by atoms with Crippen molar-refractivity contribution in [2.45, 2.75) is 32.2 Å². The molecule has 4 heteroatoms. The third-order valence-corrected chi connectivity index (χ3v) is 2.79. The van der Waals surface area contributed by atoms with Crippen LogP contribution in [0.5, 0.6) is 0 Å². The Kier molecular flexibility index (Phi) is 4.97. The van der Waals surface area contributed by atoms with Gasteiger partial charge in [-0.25, -0.2) is 0 Å². The number of nitrogens with one attached hydrogen (secondary N) is 1. The summed E-state index contributed by atoms with van der Waals surface area (Å²) in [6, 6.07) is 7.53. The molecule has 1 aromatic rings. The normalized spacial score (nSPS) is 11.3. The summed E-state index contributed by atoms with van der Waals surface area (Å²) in [5.74, 6) is 0.0235. The summed E-state index contributed by atoms with van der Waals surface area (Å²) in [6.45, 7) is 4.25. The minimum atomic E-state index is -0.336. The van der Waals surface area contributed by atoms with Crippen LogP contribution in [-0.2, 0) is 11.2 Å². The van der Waals surface area contributed by atoms with Crippen LogP contribution in [0.4, 0.5) is 0 Å². The molecule has 0 saturated heterocycles. The maximum Gasteiger partial charge on any atom is 0.220 e. The number of nitrogens with two attached hydrogens (primary N) is 1. The van der Waals surface area contributed by atoms with Crippen molar-refractivity contribution in [2.75, 3.05) is 6.54 Å². The molecular weight excluding hydrogens is 236 g/mol. The summed E-state index contributed by atoms with van der Waals surface area (Å²) in [7, 11) is 0. The lowest BCUT2D eigenvalue weighted by atomic mass is 10.0. The second-order valence-electron chi connectivity index (χ2n) is 4.76. The first-order chi connectivity index (χ1) is 7.93. The summed E-state index contributed by atoms with van der Waals surface area (Å²) in [6.07, 6.45) is 1.18. The van der Waals surface area contributed by atoms with E-state index in [1.54, 1.807) is 0 Å². The van der Waals surface area contributed by atoms with E-state index in [1.165, 1.54) is 0 Å². The average Bonchev–Trinajstić information content (AvgIpc) is 2.28. The predicted octanol–water partition coefficient (Wildman–Crippen LogP) is 2.13. The highest BCUT2D eigenvalue weighted by Gasteiger charge is 2.17. The maximum absolute atomic E-state index is 11.7. The van der Waals surface area contributed by atoms with Crippen LogP contribution in [-0.4, -0.2) is 18.0 Å². The molecule has 0 bridgehead atoms. The number of rotatable bonds is 5. The van der Waals surface area contributed by atoms with Crippen LogP contribution in [0.15, 0.2) is 24.3 Å². The Hall–Kier alpha value is -1.06. The fraction of sp³-hybridized carbons (Fsp3) is 0.462. The minimum Gasteiger partial charge on any atom is -0.350 e. The van der Waals surface area contributed by atoms with Gasteiger partial charge in [0.05, 0.1) is 0 Å². The van der Waals surface area contributed by atoms with E-state index in [1.807, 2.05) is 38.1 Å². The zero-order chi connectivity index (χ0) is 12.9. The zero-order valence-electron chi connectivity index (χ0n) is 10.3. The Labute approximate surface area is 107 Å². The summed E-state index contributed by atoms with van der Waals surface area (Å²) >= 11 is 5.79. The number of halogens is 1. The Morgan fingerprint density at radius 2 is 1.94 bits per heavy atom. The summed E-state index contributed by atoms with van der Waals surface area (Å²) < 4.78 is 0. The third kappa shape index (κ3) is 5.20. The molecule has 0 spiro atoms. The maximum atomic E-state index is 11.7. The molecule has 0 radical (unpaired) electrons. The third-order valence-electron chi connectivity index (χ3n) is 2.54. The molecule has 0 unspecified atom stereocenters. The summed E-state index contributed by atoms with van der Waals surface area (Å²) in [5, 5.41) is 3.61. The first kappa shape index (κ1) is 14.0. The number of hydrogen-bond acceptors (Lipinski definition) is 2. The van der Waals surface area contributed by atoms with E-state index in [9.17, 15) is 4.79 Å². The molecule has 3 N–H and O–H groups in total. The molecule has 0 heterocycles. The van der Waals surface area contributed by atoms with Gasteiger partial charge in [0.15, 0.2) is 0 Å². The number of carbonyl (C=O) groups is 1. The topological polar surface area (TPSA) is 55.1 Å². The lowest BCUT2D eigenvalue weighted by Crippen LogP contribution is -2.48. The molecule has 0 aliphatic heterocycles. The van der Waals surface area contributed by atoms with Gasteiger partial charge in [-0.15, -0.1) is 0 Å². The lowest BCUT2D eigenvalue weighted by molar-refractivity contribution is -0.122. The van der Waals surface area contributed by atoms with Crippen molar-refractivity contribution in [1.29, 1.82) is 0 Å². The molecule has 1 rings (SSSR count). The molecule has 94 valence electrons. The van der Waals surface area contributed by atoms with E-state index < -0.39 is 0 Å². The number of amides is 1. The molecular formula is C13H19ClN2O. The van der Waals surface area contributed by atoms with E-state index in [0.717, 1.165) is 5.56 Å². The van der Waals surface area contributed by atoms with Gasteiger partial charge in [-0.1, -0.05) is 23.7 Å². The van der Waals surface area contributed by atoms with E-state index in [2.05, 4.69) is 5.32 Å². The molecule has 0 aliphatic rings. The molecule has 0 atom stereocenters. The number of benzene rings is 1. The number of carbonyl (C=O) groups excluding carboxylic acids is 1. The van der Waals surface area contributed by atoms with Gasteiger partial charge < -0.3 is 11.1 Å². The molecule has 17 heavy (non-hydrogen) atoms. The molecule has 1 amide bonds. The van der Waals surface area contributed by atoms with Gasteiger partial charge >= 0.3 is 0 Å². The van der Waals surface area contributed by atoms with Gasteiger partial charge in [-0.2, -0.15) is 0 Å². The molecule has 3 nitrogen and oxygen atoms in total. The minimum absolute atomic E-state index is 0.0235. The highest BCUT2D eigenvalue weighted by molar-refractivity contribution is 6.30. The van der Waals surface area contributed by atoms with Gasteiger partial charge in [-0.05, 0) is 38.0 Å². The highest BCUT2D eigenvalue weighted by atomic mass is 35.5. The highest BCUT2D eigenvalue weighted by Crippen LogP contribution is 2.11. The Balaban J connectivity index is 2.41. The second-order valence-corrected chi connectivity index (χ2v) is 5.20. The van der Waals surface area contributed by atoms with Crippen molar-refractivity contribution < 1.29 is 4.79 Å². The van der Waals surface area contributed by atoms with Crippen molar-refractivity contribution in [3.05, 3.63) is 34.9 Å². The van der Waals surface area contributed by atoms with E-state index in [0.29, 0.717) is 24.4 Å². The monoisotopic (exact) mass is 254 g/mol. The zero-order valence-corrected chi connectivity index (χ0v) is 11.1. The second kappa shape index (κ2) is 6.03. The standard InChI is InChI=1S/C13H19ClN2O/c1-13(2,9-15)16-12(17)8-5-10-3-6-11(14)7-4-10/h3-4,6-7H,5,8-9,15H2,1-2H3,(H,16,17). The largest absolute Gasteiger partial charge is 0.350 e. The van der Waals surface area contributed by atoms with Gasteiger partial charge in [0.1, 0.15) is 0 Å². The van der Waals surface area contributed by atoms with Gasteiger partial charge in [0.25, 0.3) is 0 Å². The van der Waals surface area contributed by atoms with Crippen molar-refractivity contribution in [3.8, 4) is 0 Å². The van der Waals surface area contributed by atoms with Crippen LogP contribution in [0.25, 0.3) is 0 Å². The quantitative estimate of drug-likeness (QED) is 0.846. The molecule has 0 saturated carbocycles. The first-order valence-electron chi connectivity index (χ1n) is 5.68. The number of aryl methyl sites for hydroxylation is 1. The average molecular weight is 255 g/mol. The van der Waals surface area contributed by atoms with Crippen molar-refractivity contribution in [3.63, 3.8) is 0 Å². The first-order valence-corrected chi connectivity index (χ1v) is 6.06. The Morgan fingerprint density at radius 3 is 2.47 bits per heavy atom. The van der Waals surface area contributed by atoms with Crippen molar-refractivity contribution in [1.82, 2.24) is 5.32 Å². The van der Waals surface area contributed by atoms with Gasteiger partial charge in [-0.3, -0.25) is 4.79 Å². The van der Waals surface area contributed by atoms with Crippen LogP contribution in [0.2, 0.25) is 5.02 Å². The molecule has 0 aliphatic carbocycles. The SMILES string of the molecule is CC(C)(CN)NC(=O)CCc1ccc(Cl)cc1. The van der Waals surface area contributed by atoms with Crippen LogP contribution in [0.1, 0.15) is 25.8 Å². The molecule has 0 fully saturated rings. The lowest BCUT2D eigenvalue weighted by Gasteiger charge is -2.24. The molecule has 1 aromatic carbocycles. The Bertz CT molecular complexity index is 374. The van der Waals surface area contributed by atoms with Crippen LogP contribution in [0, 0.1) is 0 Å². The van der Waals surface area contributed by atoms with Crippen LogP contribution >= 0.6 is 11.6 Å². The van der Waals surface area contributed by atoms with Crippen LogP contribution in [0.3, 0.4) is 0 Å². The number of hydrogen-bond donors (Lipinski definition) is 2. The van der Waals surface area contributed by atoms with E-state index in [-0.39, 0.29) is 11.4 Å². The van der Waals surface area contributed by atoms with Crippen molar-refractivity contribution in [2.24, 2.45) is 5.73 Å². The van der Waals surface area contributed by atoms with Crippen LogP contribution < -0.4 is 11.1 Å². The Morgan fingerprint density at radius 1 is 1.35 bits per heavy atom. The predicted molar refractivity (Wildman–Crippen MR) is 71.0 cm³/mol. The van der Waals surface area contributed by atoms with Gasteiger partial charge in [0, 0.05) is 23.5 Å². The fourth-order valence-electron chi connectivity index (χ4n) is 1.40. The fourth-order valence-corrected chi connectivity index (χ4v) is 1.53. The van der Waals surface area contributed by atoms with E-state index in [4.69, 9.17) is 17.3 Å². The summed E-state index contributed by atoms with van der Waals surface area (Å²) in [4.78, 5) is 11.7. The van der Waals surface area contributed by atoms with Crippen molar-refractivity contribution >= 4 is 17.5 Å². The van der Waals surface area contributed by atoms with Gasteiger partial charge in [0.2, 0.25) is 5.91 Å². The van der Waals surface area contributed by atoms with E-state index >= 15 is 0 Å². The smallest absolute Gasteiger partial charge is 0.220 e. The summed E-state index contributed by atoms with van der Waals surface area (Å²) in [5.41, 5.74) is 6.32.